The summed E-state index contributed by atoms with van der Waals surface area (Å²) >= 11 is 3.40. The molecule has 0 saturated heterocycles. The molecule has 2 rings (SSSR count). The first-order valence-corrected chi connectivity index (χ1v) is 9.58. The molecule has 0 aromatic heterocycles. The summed E-state index contributed by atoms with van der Waals surface area (Å²) in [5, 5.41) is 13.5. The second-order valence-corrected chi connectivity index (χ2v) is 8.15. The normalized spacial score (nSPS) is 13.7. The number of aliphatic hydroxyl groups is 1. The second kappa shape index (κ2) is 9.88. The molecule has 2 N–H and O–H groups in total. The highest BCUT2D eigenvalue weighted by atomic mass is 79.9. The van der Waals surface area contributed by atoms with Crippen molar-refractivity contribution in [3.05, 3.63) is 70.2 Å². The van der Waals surface area contributed by atoms with E-state index >= 15 is 0 Å². The molecule has 0 heterocycles. The van der Waals surface area contributed by atoms with Crippen molar-refractivity contribution in [2.45, 2.75) is 45.1 Å². The lowest BCUT2D eigenvalue weighted by Gasteiger charge is -2.28. The molecule has 27 heavy (non-hydrogen) atoms. The van der Waals surface area contributed by atoms with E-state index in [4.69, 9.17) is 9.47 Å². The third-order valence-electron chi connectivity index (χ3n) is 3.78. The van der Waals surface area contributed by atoms with Crippen molar-refractivity contribution < 1.29 is 19.4 Å². The Morgan fingerprint density at radius 1 is 1.15 bits per heavy atom. The van der Waals surface area contributed by atoms with Crippen molar-refractivity contribution in [1.29, 1.82) is 0 Å². The van der Waals surface area contributed by atoms with Gasteiger partial charge in [-0.05, 0) is 44.0 Å². The molecule has 0 bridgehead atoms. The van der Waals surface area contributed by atoms with E-state index in [0.29, 0.717) is 5.56 Å². The van der Waals surface area contributed by atoms with Crippen LogP contribution in [0.1, 0.15) is 38.0 Å². The number of aliphatic hydroxyl groups excluding tert-OH is 1. The number of carbonyl (C=O) groups excluding carboxylic acids is 1. The van der Waals surface area contributed by atoms with Crippen LogP contribution < -0.4 is 5.32 Å². The predicted molar refractivity (Wildman–Crippen MR) is 108 cm³/mol. The zero-order valence-corrected chi connectivity index (χ0v) is 17.4. The minimum absolute atomic E-state index is 0.150. The summed E-state index contributed by atoms with van der Waals surface area (Å²) in [7, 11) is 0. The van der Waals surface area contributed by atoms with Crippen LogP contribution in [-0.2, 0) is 16.1 Å². The van der Waals surface area contributed by atoms with Crippen molar-refractivity contribution in [3.63, 3.8) is 0 Å². The van der Waals surface area contributed by atoms with E-state index in [1.54, 1.807) is 6.07 Å². The zero-order valence-electron chi connectivity index (χ0n) is 15.8. The van der Waals surface area contributed by atoms with Gasteiger partial charge >= 0.3 is 6.09 Å². The van der Waals surface area contributed by atoms with Crippen LogP contribution in [0.2, 0.25) is 0 Å². The quantitative estimate of drug-likeness (QED) is 0.666. The summed E-state index contributed by atoms with van der Waals surface area (Å²) < 4.78 is 11.9. The van der Waals surface area contributed by atoms with E-state index in [0.717, 1.165) is 10.0 Å². The molecule has 0 saturated carbocycles. The highest BCUT2D eigenvalue weighted by molar-refractivity contribution is 9.10. The monoisotopic (exact) mass is 435 g/mol. The van der Waals surface area contributed by atoms with Gasteiger partial charge in [-0.15, -0.1) is 0 Å². The molecule has 0 spiro atoms. The molecule has 2 atom stereocenters. The molecule has 0 radical (unpaired) electrons. The van der Waals surface area contributed by atoms with Crippen molar-refractivity contribution in [2.75, 3.05) is 6.61 Å². The lowest BCUT2D eigenvalue weighted by molar-refractivity contribution is -0.0354. The molecule has 6 heteroatoms. The van der Waals surface area contributed by atoms with Gasteiger partial charge in [0.1, 0.15) is 12.7 Å². The summed E-state index contributed by atoms with van der Waals surface area (Å²) in [5.41, 5.74) is 1.17. The highest BCUT2D eigenvalue weighted by Crippen LogP contribution is 2.22. The molecule has 0 aliphatic carbocycles. The number of nitrogens with one attached hydrogen (secondary N) is 1. The van der Waals surface area contributed by atoms with E-state index in [1.165, 1.54) is 0 Å². The number of rotatable bonds is 7. The second-order valence-electron chi connectivity index (χ2n) is 7.24. The summed E-state index contributed by atoms with van der Waals surface area (Å²) in [5.74, 6) is 0. The fourth-order valence-electron chi connectivity index (χ4n) is 2.39. The van der Waals surface area contributed by atoms with Gasteiger partial charge in [0.15, 0.2) is 0 Å². The van der Waals surface area contributed by atoms with Crippen LogP contribution in [0.25, 0.3) is 0 Å². The Hall–Kier alpha value is -1.89. The number of alkyl carbamates (subject to hydrolysis) is 1. The number of halogens is 1. The van der Waals surface area contributed by atoms with E-state index < -0.39 is 23.8 Å². The fraction of sp³-hybridized carbons (Fsp3) is 0.381. The third kappa shape index (κ3) is 7.71. The summed E-state index contributed by atoms with van der Waals surface area (Å²) in [4.78, 5) is 12.2. The largest absolute Gasteiger partial charge is 0.445 e. The van der Waals surface area contributed by atoms with Gasteiger partial charge in [-0.3, -0.25) is 0 Å². The van der Waals surface area contributed by atoms with Gasteiger partial charge in [0.05, 0.1) is 18.2 Å². The lowest BCUT2D eigenvalue weighted by Crippen LogP contribution is -2.44. The maximum absolute atomic E-state index is 12.2. The molecule has 0 aliphatic heterocycles. The Morgan fingerprint density at radius 2 is 1.85 bits per heavy atom. The van der Waals surface area contributed by atoms with E-state index in [1.807, 2.05) is 69.3 Å². The molecule has 0 fully saturated rings. The number of carbonyl (C=O) groups is 1. The van der Waals surface area contributed by atoms with E-state index in [2.05, 4.69) is 21.2 Å². The number of hydrogen-bond acceptors (Lipinski definition) is 4. The molecule has 0 aliphatic rings. The van der Waals surface area contributed by atoms with Crippen LogP contribution in [0.4, 0.5) is 4.79 Å². The van der Waals surface area contributed by atoms with Gasteiger partial charge < -0.3 is 19.9 Å². The highest BCUT2D eigenvalue weighted by Gasteiger charge is 2.26. The van der Waals surface area contributed by atoms with Crippen molar-refractivity contribution in [1.82, 2.24) is 5.32 Å². The molecular weight excluding hydrogens is 410 g/mol. The first-order chi connectivity index (χ1) is 12.7. The van der Waals surface area contributed by atoms with Gasteiger partial charge in [-0.1, -0.05) is 58.4 Å². The first kappa shape index (κ1) is 21.4. The number of ether oxygens (including phenoxy) is 2. The third-order valence-corrected chi connectivity index (χ3v) is 4.28. The SMILES string of the molecule is CC(C)(C)OC[C@H](NC(=O)OCc1ccccc1)[C@H](O)c1cccc(Br)c1. The topological polar surface area (TPSA) is 67.8 Å². The maximum Gasteiger partial charge on any atom is 0.407 e. The van der Waals surface area contributed by atoms with Crippen LogP contribution in [0.3, 0.4) is 0 Å². The fourth-order valence-corrected chi connectivity index (χ4v) is 2.81. The van der Waals surface area contributed by atoms with E-state index in [9.17, 15) is 9.90 Å². The Labute approximate surface area is 168 Å². The first-order valence-electron chi connectivity index (χ1n) is 8.79. The molecule has 2 aromatic carbocycles. The Bertz CT molecular complexity index is 730. The minimum atomic E-state index is -0.936. The predicted octanol–water partition coefficient (Wildman–Crippen LogP) is 4.59. The standard InChI is InChI=1S/C21H26BrNO4/c1-21(2,3)27-14-18(19(24)16-10-7-11-17(22)12-16)23-20(25)26-13-15-8-5-4-6-9-15/h4-12,18-19,24H,13-14H2,1-3H3,(H,23,25)/t18-,19+/m0/s1. The van der Waals surface area contributed by atoms with Crippen molar-refractivity contribution in [2.24, 2.45) is 0 Å². The van der Waals surface area contributed by atoms with Crippen LogP contribution in [-0.4, -0.2) is 29.4 Å². The van der Waals surface area contributed by atoms with Gasteiger partial charge in [-0.2, -0.15) is 0 Å². The zero-order chi connectivity index (χ0) is 19.9. The molecule has 2 aromatic rings. The molecule has 5 nitrogen and oxygen atoms in total. The van der Waals surface area contributed by atoms with Gasteiger partial charge in [0, 0.05) is 4.47 Å². The number of hydrogen-bond donors (Lipinski definition) is 2. The molecule has 0 unspecified atom stereocenters. The van der Waals surface area contributed by atoms with Crippen LogP contribution in [0.15, 0.2) is 59.1 Å². The molecule has 146 valence electrons. The summed E-state index contributed by atoms with van der Waals surface area (Å²) in [6.45, 7) is 6.07. The smallest absolute Gasteiger partial charge is 0.407 e. The van der Waals surface area contributed by atoms with Crippen LogP contribution in [0.5, 0.6) is 0 Å². The lowest BCUT2D eigenvalue weighted by atomic mass is 10.0. The number of benzene rings is 2. The maximum atomic E-state index is 12.2. The Kier molecular flexibility index (Phi) is 7.83. The van der Waals surface area contributed by atoms with E-state index in [-0.39, 0.29) is 13.2 Å². The Morgan fingerprint density at radius 3 is 2.48 bits per heavy atom. The van der Waals surface area contributed by atoms with Crippen molar-refractivity contribution >= 4 is 22.0 Å². The van der Waals surface area contributed by atoms with Crippen LogP contribution in [0, 0.1) is 0 Å². The minimum Gasteiger partial charge on any atom is -0.445 e. The van der Waals surface area contributed by atoms with Gasteiger partial charge in [0.25, 0.3) is 0 Å². The Balaban J connectivity index is 2.03. The average Bonchev–Trinajstić information content (AvgIpc) is 2.63. The average molecular weight is 436 g/mol. The summed E-state index contributed by atoms with van der Waals surface area (Å²) in [6.07, 6.45) is -1.54. The van der Waals surface area contributed by atoms with Crippen LogP contribution >= 0.6 is 15.9 Å². The molecular formula is C21H26BrNO4. The van der Waals surface area contributed by atoms with Gasteiger partial charge in [-0.25, -0.2) is 4.79 Å². The van der Waals surface area contributed by atoms with Crippen molar-refractivity contribution in [3.8, 4) is 0 Å². The van der Waals surface area contributed by atoms with Gasteiger partial charge in [0.2, 0.25) is 0 Å². The molecule has 1 amide bonds. The summed E-state index contributed by atoms with van der Waals surface area (Å²) in [6, 6.07) is 16.1. The number of amides is 1.